The maximum atomic E-state index is 10.8. The number of rotatable bonds is 4. The molecular weight excluding hydrogens is 255 g/mol. The minimum absolute atomic E-state index is 0.147. The molecule has 0 amide bonds. The van der Waals surface area contributed by atoms with Gasteiger partial charge in [-0.25, -0.2) is 0 Å². The van der Waals surface area contributed by atoms with Crippen LogP contribution in [0.25, 0.3) is 0 Å². The summed E-state index contributed by atoms with van der Waals surface area (Å²) in [7, 11) is 0. The lowest BCUT2D eigenvalue weighted by atomic mass is 10.2. The van der Waals surface area contributed by atoms with E-state index in [1.165, 1.54) is 0 Å². The molecule has 0 atom stereocenters. The van der Waals surface area contributed by atoms with Crippen LogP contribution in [0.3, 0.4) is 0 Å². The van der Waals surface area contributed by atoms with Crippen LogP contribution in [-0.4, -0.2) is 12.6 Å². The molecule has 0 saturated heterocycles. The summed E-state index contributed by atoms with van der Waals surface area (Å²) in [6.07, 6.45) is 2.43. The van der Waals surface area contributed by atoms with Crippen LogP contribution in [0.2, 0.25) is 0 Å². The zero-order valence-electron chi connectivity index (χ0n) is 6.52. The Labute approximate surface area is 80.8 Å². The van der Waals surface area contributed by atoms with Crippen molar-refractivity contribution in [2.75, 3.05) is 6.61 Å². The second kappa shape index (κ2) is 7.86. The third-order valence-corrected chi connectivity index (χ3v) is 1.49. The van der Waals surface area contributed by atoms with Gasteiger partial charge in [0.1, 0.15) is 0 Å². The van der Waals surface area contributed by atoms with E-state index in [-0.39, 0.29) is 12.6 Å². The van der Waals surface area contributed by atoms with Gasteiger partial charge in [-0.2, -0.15) is 0 Å². The first-order valence-corrected chi connectivity index (χ1v) is 4.63. The topological polar surface area (TPSA) is 26.3 Å². The number of ether oxygens (including phenoxy) is 1. The molecular formula is C8H11IO2. The SMILES string of the molecule is CCCCC(=O)OCC#CI. The predicted octanol–water partition coefficient (Wildman–Crippen LogP) is 2.12. The van der Waals surface area contributed by atoms with Crippen molar-refractivity contribution in [1.82, 2.24) is 0 Å². The van der Waals surface area contributed by atoms with Crippen molar-refractivity contribution in [1.29, 1.82) is 0 Å². The quantitative estimate of drug-likeness (QED) is 0.442. The van der Waals surface area contributed by atoms with Crippen LogP contribution in [-0.2, 0) is 9.53 Å². The summed E-state index contributed by atoms with van der Waals surface area (Å²) >= 11 is 1.91. The van der Waals surface area contributed by atoms with Crippen LogP contribution in [0.4, 0.5) is 0 Å². The van der Waals surface area contributed by atoms with Gasteiger partial charge >= 0.3 is 5.97 Å². The molecule has 2 nitrogen and oxygen atoms in total. The van der Waals surface area contributed by atoms with E-state index in [1.54, 1.807) is 0 Å². The van der Waals surface area contributed by atoms with Crippen molar-refractivity contribution in [2.45, 2.75) is 26.2 Å². The third kappa shape index (κ3) is 7.66. The monoisotopic (exact) mass is 266 g/mol. The van der Waals surface area contributed by atoms with Gasteiger partial charge in [0.15, 0.2) is 6.61 Å². The Kier molecular flexibility index (Phi) is 7.69. The molecule has 0 bridgehead atoms. The molecule has 0 saturated carbocycles. The van der Waals surface area contributed by atoms with Crippen LogP contribution in [0.5, 0.6) is 0 Å². The predicted molar refractivity (Wildman–Crippen MR) is 52.3 cm³/mol. The number of carbonyl (C=O) groups is 1. The highest BCUT2D eigenvalue weighted by Gasteiger charge is 1.98. The Hall–Kier alpha value is -0.240. The Morgan fingerprint density at radius 2 is 2.36 bits per heavy atom. The maximum absolute atomic E-state index is 10.8. The molecule has 0 unspecified atom stereocenters. The Morgan fingerprint density at radius 1 is 1.64 bits per heavy atom. The molecule has 0 fully saturated rings. The van der Waals surface area contributed by atoms with Gasteiger partial charge in [0.2, 0.25) is 0 Å². The molecule has 0 radical (unpaired) electrons. The van der Waals surface area contributed by atoms with E-state index < -0.39 is 0 Å². The van der Waals surface area contributed by atoms with Gasteiger partial charge < -0.3 is 4.74 Å². The maximum Gasteiger partial charge on any atom is 0.306 e. The average molecular weight is 266 g/mol. The highest BCUT2D eigenvalue weighted by Crippen LogP contribution is 1.95. The summed E-state index contributed by atoms with van der Waals surface area (Å²) in [5.74, 6) is 2.50. The molecule has 0 heterocycles. The summed E-state index contributed by atoms with van der Waals surface area (Å²) in [6.45, 7) is 2.27. The molecule has 11 heavy (non-hydrogen) atoms. The Balaban J connectivity index is 3.27. The fourth-order valence-corrected chi connectivity index (χ4v) is 0.693. The summed E-state index contributed by atoms with van der Waals surface area (Å²) in [6, 6.07) is 0. The minimum Gasteiger partial charge on any atom is -0.452 e. The van der Waals surface area contributed by atoms with Gasteiger partial charge in [-0.3, -0.25) is 4.79 Å². The smallest absolute Gasteiger partial charge is 0.306 e. The normalized spacial score (nSPS) is 8.18. The third-order valence-electron chi connectivity index (χ3n) is 1.11. The van der Waals surface area contributed by atoms with Gasteiger partial charge in [-0.1, -0.05) is 19.3 Å². The summed E-state index contributed by atoms with van der Waals surface area (Å²) in [4.78, 5) is 10.8. The first-order valence-electron chi connectivity index (χ1n) is 3.55. The van der Waals surface area contributed by atoms with E-state index in [1.807, 2.05) is 29.5 Å². The second-order valence-electron chi connectivity index (χ2n) is 2.04. The molecule has 0 aromatic rings. The molecule has 0 aliphatic heterocycles. The van der Waals surface area contributed by atoms with E-state index in [9.17, 15) is 4.79 Å². The first kappa shape index (κ1) is 10.8. The number of hydrogen-bond donors (Lipinski definition) is 0. The molecule has 3 heteroatoms. The standard InChI is InChI=1S/C8H11IO2/c1-2-3-5-8(10)11-7-4-6-9/h2-3,5,7H2,1H3. The van der Waals surface area contributed by atoms with Crippen molar-refractivity contribution in [3.63, 3.8) is 0 Å². The lowest BCUT2D eigenvalue weighted by Gasteiger charge is -1.97. The number of halogens is 1. The summed E-state index contributed by atoms with van der Waals surface area (Å²) in [5, 5.41) is 0. The first-order chi connectivity index (χ1) is 5.31. The molecule has 0 aromatic heterocycles. The fraction of sp³-hybridized carbons (Fsp3) is 0.625. The number of carbonyl (C=O) groups excluding carboxylic acids is 1. The molecule has 0 aromatic carbocycles. The largest absolute Gasteiger partial charge is 0.452 e. The van der Waals surface area contributed by atoms with Crippen LogP contribution in [0.15, 0.2) is 0 Å². The average Bonchev–Trinajstić information content (AvgIpc) is 2.01. The zero-order chi connectivity index (χ0) is 8.53. The van der Waals surface area contributed by atoms with Gasteiger partial charge in [-0.05, 0) is 10.3 Å². The van der Waals surface area contributed by atoms with Gasteiger partial charge in [-0.15, -0.1) is 0 Å². The number of unbranched alkanes of at least 4 members (excludes halogenated alkanes) is 1. The molecule has 0 aliphatic rings. The molecule has 0 spiro atoms. The summed E-state index contributed by atoms with van der Waals surface area (Å²) < 4.78 is 7.39. The van der Waals surface area contributed by atoms with Crippen molar-refractivity contribution in [2.24, 2.45) is 0 Å². The Bertz CT molecular complexity index is 167. The van der Waals surface area contributed by atoms with E-state index in [0.29, 0.717) is 6.42 Å². The summed E-state index contributed by atoms with van der Waals surface area (Å²) in [5.41, 5.74) is 0. The van der Waals surface area contributed by atoms with Crippen LogP contribution in [0.1, 0.15) is 26.2 Å². The molecule has 0 aliphatic carbocycles. The highest BCUT2D eigenvalue weighted by molar-refractivity contribution is 14.1. The zero-order valence-corrected chi connectivity index (χ0v) is 8.68. The van der Waals surface area contributed by atoms with Crippen molar-refractivity contribution < 1.29 is 9.53 Å². The van der Waals surface area contributed by atoms with E-state index in [2.05, 4.69) is 9.85 Å². The second-order valence-corrected chi connectivity index (χ2v) is 2.57. The van der Waals surface area contributed by atoms with Crippen molar-refractivity contribution in [3.05, 3.63) is 0 Å². The van der Waals surface area contributed by atoms with Gasteiger partial charge in [0.05, 0.1) is 0 Å². The van der Waals surface area contributed by atoms with E-state index >= 15 is 0 Å². The lowest BCUT2D eigenvalue weighted by Crippen LogP contribution is -2.03. The molecule has 62 valence electrons. The fourth-order valence-electron chi connectivity index (χ4n) is 0.537. The Morgan fingerprint density at radius 3 is 2.91 bits per heavy atom. The lowest BCUT2D eigenvalue weighted by molar-refractivity contribution is -0.142. The molecule has 0 rings (SSSR count). The van der Waals surface area contributed by atoms with Crippen molar-refractivity contribution in [3.8, 4) is 9.85 Å². The highest BCUT2D eigenvalue weighted by atomic mass is 127. The minimum atomic E-state index is -0.147. The van der Waals surface area contributed by atoms with Gasteiger partial charge in [0, 0.05) is 29.0 Å². The number of esters is 1. The van der Waals surface area contributed by atoms with Crippen LogP contribution < -0.4 is 0 Å². The van der Waals surface area contributed by atoms with Crippen LogP contribution in [0, 0.1) is 9.85 Å². The van der Waals surface area contributed by atoms with E-state index in [0.717, 1.165) is 12.8 Å². The molecule has 0 N–H and O–H groups in total. The van der Waals surface area contributed by atoms with Crippen LogP contribution >= 0.6 is 22.6 Å². The number of hydrogen-bond acceptors (Lipinski definition) is 2. The van der Waals surface area contributed by atoms with E-state index in [4.69, 9.17) is 4.74 Å². The van der Waals surface area contributed by atoms with Gasteiger partial charge in [0.25, 0.3) is 0 Å². The van der Waals surface area contributed by atoms with Crippen molar-refractivity contribution >= 4 is 28.6 Å².